The Labute approximate surface area is 331 Å². The van der Waals surface area contributed by atoms with Gasteiger partial charge in [-0.15, -0.1) is 0 Å². The maximum Gasteiger partial charge on any atom is 0.410 e. The van der Waals surface area contributed by atoms with Crippen molar-refractivity contribution in [2.24, 2.45) is 23.7 Å². The molecule has 13 atom stereocenters. The SMILES string of the molecule is CC[C@H]1OC(=O)[C@H](C)C(=O)[C@H](C)[C@@H](O[C@@H]2O[C@H](C)C[C@H](N(C)C)[C@H]2O)[C@](C)(OC)C[C@@H](C)C(=O)[C@H](C)[C@@H]2[C@@H]1OC(=O)N2CCCCc1cnc2ccccc2c1. The van der Waals surface area contributed by atoms with Gasteiger partial charge in [0, 0.05) is 49.0 Å². The van der Waals surface area contributed by atoms with Gasteiger partial charge in [0.1, 0.15) is 23.9 Å². The number of amides is 1. The summed E-state index contributed by atoms with van der Waals surface area (Å²) in [6.07, 6.45) is -0.743. The Hall–Kier alpha value is -3.49. The number of aromatic nitrogens is 1. The highest BCUT2D eigenvalue weighted by molar-refractivity contribution is 6.00. The van der Waals surface area contributed by atoms with E-state index in [9.17, 15) is 24.3 Å². The van der Waals surface area contributed by atoms with E-state index in [4.69, 9.17) is 23.7 Å². The maximum atomic E-state index is 14.6. The van der Waals surface area contributed by atoms with E-state index in [-0.39, 0.29) is 24.3 Å². The van der Waals surface area contributed by atoms with E-state index in [1.807, 2.05) is 70.2 Å². The number of benzene rings is 1. The number of ether oxygens (including phenoxy) is 5. The molecule has 3 fully saturated rings. The van der Waals surface area contributed by atoms with Crippen LogP contribution in [0, 0.1) is 23.7 Å². The van der Waals surface area contributed by atoms with Gasteiger partial charge in [0.25, 0.3) is 0 Å². The van der Waals surface area contributed by atoms with E-state index in [1.165, 1.54) is 14.0 Å². The fourth-order valence-corrected chi connectivity index (χ4v) is 9.03. The topological polar surface area (TPSA) is 154 Å². The zero-order valence-corrected chi connectivity index (χ0v) is 34.8. The first-order chi connectivity index (χ1) is 26.5. The summed E-state index contributed by atoms with van der Waals surface area (Å²) in [5.74, 6) is -4.80. The van der Waals surface area contributed by atoms with Gasteiger partial charge in [0.05, 0.1) is 29.4 Å². The van der Waals surface area contributed by atoms with Gasteiger partial charge in [-0.05, 0) is 91.1 Å². The second-order valence-electron chi connectivity index (χ2n) is 16.8. The molecule has 0 radical (unpaired) electrons. The zero-order chi connectivity index (χ0) is 41.1. The van der Waals surface area contributed by atoms with Crippen LogP contribution < -0.4 is 0 Å². The Balaban J connectivity index is 1.42. The zero-order valence-electron chi connectivity index (χ0n) is 34.8. The fourth-order valence-electron chi connectivity index (χ4n) is 9.03. The number of Topliss-reactive ketones (excluding diaryl/α,β-unsaturated/α-hetero) is 2. The molecule has 4 heterocycles. The average Bonchev–Trinajstić information content (AvgIpc) is 3.51. The smallest absolute Gasteiger partial charge is 0.410 e. The van der Waals surface area contributed by atoms with Crippen LogP contribution in [-0.2, 0) is 44.5 Å². The second-order valence-corrected chi connectivity index (χ2v) is 16.8. The second kappa shape index (κ2) is 18.4. The number of carbonyl (C=O) groups excluding carboxylic acids is 4. The molecule has 1 aromatic carbocycles. The Morgan fingerprint density at radius 1 is 1.00 bits per heavy atom. The van der Waals surface area contributed by atoms with Crippen molar-refractivity contribution in [1.29, 1.82) is 0 Å². The van der Waals surface area contributed by atoms with Gasteiger partial charge in [-0.2, -0.15) is 0 Å². The molecule has 3 aliphatic heterocycles. The molecule has 1 amide bonds. The van der Waals surface area contributed by atoms with Gasteiger partial charge in [0.2, 0.25) is 0 Å². The number of likely N-dealkylation sites (N-methyl/N-ethyl adjacent to an activating group) is 1. The van der Waals surface area contributed by atoms with E-state index >= 15 is 0 Å². The van der Waals surface area contributed by atoms with Gasteiger partial charge in [-0.3, -0.25) is 19.4 Å². The summed E-state index contributed by atoms with van der Waals surface area (Å²) in [5.41, 5.74) is 0.776. The molecule has 0 aliphatic carbocycles. The first-order valence-electron chi connectivity index (χ1n) is 20.3. The number of pyridine rings is 1. The normalized spacial score (nSPS) is 36.3. The van der Waals surface area contributed by atoms with Gasteiger partial charge in [-0.25, -0.2) is 4.79 Å². The van der Waals surface area contributed by atoms with Crippen molar-refractivity contribution < 1.29 is 48.0 Å². The van der Waals surface area contributed by atoms with Crippen molar-refractivity contribution in [3.63, 3.8) is 0 Å². The number of aliphatic hydroxyl groups excluding tert-OH is 1. The van der Waals surface area contributed by atoms with E-state index in [0.717, 1.165) is 29.3 Å². The van der Waals surface area contributed by atoms with Crippen LogP contribution in [0.4, 0.5) is 4.79 Å². The number of unbranched alkanes of at least 4 members (excludes halogenated alkanes) is 1. The Bertz CT molecular complexity index is 1700. The minimum absolute atomic E-state index is 0.131. The first-order valence-corrected chi connectivity index (χ1v) is 20.3. The third kappa shape index (κ3) is 9.28. The lowest BCUT2D eigenvalue weighted by molar-refractivity contribution is -0.295. The largest absolute Gasteiger partial charge is 0.458 e. The van der Waals surface area contributed by atoms with Crippen LogP contribution in [0.25, 0.3) is 10.9 Å². The molecule has 5 rings (SSSR count). The number of aryl methyl sites for hydroxylation is 1. The summed E-state index contributed by atoms with van der Waals surface area (Å²) >= 11 is 0. The number of ketones is 2. The maximum absolute atomic E-state index is 14.6. The van der Waals surface area contributed by atoms with E-state index in [0.29, 0.717) is 25.8 Å². The van der Waals surface area contributed by atoms with Gasteiger partial charge in [0.15, 0.2) is 18.2 Å². The lowest BCUT2D eigenvalue weighted by Crippen LogP contribution is -2.59. The number of para-hydroxylation sites is 1. The summed E-state index contributed by atoms with van der Waals surface area (Å²) in [6.45, 7) is 12.6. The quantitative estimate of drug-likeness (QED) is 0.187. The third-order valence-corrected chi connectivity index (χ3v) is 12.4. The van der Waals surface area contributed by atoms with Crippen LogP contribution in [0.3, 0.4) is 0 Å². The highest BCUT2D eigenvalue weighted by Crippen LogP contribution is 2.39. The van der Waals surface area contributed by atoms with Crippen LogP contribution >= 0.6 is 0 Å². The number of nitrogens with zero attached hydrogens (tertiary/aromatic N) is 3. The van der Waals surface area contributed by atoms with E-state index < -0.39 is 83.9 Å². The van der Waals surface area contributed by atoms with E-state index in [2.05, 4.69) is 11.1 Å². The van der Waals surface area contributed by atoms with Gasteiger partial charge >= 0.3 is 12.1 Å². The van der Waals surface area contributed by atoms with Crippen molar-refractivity contribution in [1.82, 2.24) is 14.8 Å². The molecule has 1 aromatic heterocycles. The molecule has 13 heteroatoms. The molecule has 310 valence electrons. The number of rotatable bonds is 10. The number of hydrogen-bond acceptors (Lipinski definition) is 12. The lowest BCUT2D eigenvalue weighted by atomic mass is 9.75. The number of aliphatic hydroxyl groups is 1. The summed E-state index contributed by atoms with van der Waals surface area (Å²) in [7, 11) is 5.25. The number of cyclic esters (lactones) is 1. The minimum atomic E-state index is -1.25. The van der Waals surface area contributed by atoms with Crippen LogP contribution in [0.5, 0.6) is 0 Å². The first kappa shape index (κ1) is 43.6. The molecule has 3 aliphatic rings. The number of fused-ring (bicyclic) bond motifs is 2. The van der Waals surface area contributed by atoms with Crippen molar-refractivity contribution in [2.75, 3.05) is 27.7 Å². The summed E-state index contributed by atoms with van der Waals surface area (Å²) in [5, 5.41) is 12.5. The fraction of sp³-hybridized carbons (Fsp3) is 0.698. The molecular weight excluding hydrogens is 718 g/mol. The summed E-state index contributed by atoms with van der Waals surface area (Å²) in [4.78, 5) is 64.3. The molecule has 3 saturated heterocycles. The molecule has 13 nitrogen and oxygen atoms in total. The predicted octanol–water partition coefficient (Wildman–Crippen LogP) is 5.37. The highest BCUT2D eigenvalue weighted by Gasteiger charge is 2.54. The summed E-state index contributed by atoms with van der Waals surface area (Å²) in [6, 6.07) is 9.09. The minimum Gasteiger partial charge on any atom is -0.458 e. The standard InChI is InChI=1S/C43H63N3O10/c1-11-33-38-34(46(42(51)55-38)19-15-14-16-29-21-30-17-12-13-18-31(30)44-23-29)26(4)35(47)24(2)22-43(7,52-10)39(27(5)36(48)28(6)40(50)54-33)56-41-37(49)32(45(8)9)20-25(3)53-41/h12-13,17-18,21,23-28,32-34,37-39,41,49H,11,14-16,19-20,22H2,1-10H3/t24-,25-,26-,27+,28-,32+,33-,34-,37-,38-,39-,41+,43-/m1/s1. The molecule has 0 saturated carbocycles. The Morgan fingerprint density at radius 3 is 2.39 bits per heavy atom. The third-order valence-electron chi connectivity index (χ3n) is 12.4. The summed E-state index contributed by atoms with van der Waals surface area (Å²) < 4.78 is 30.9. The molecule has 0 bridgehead atoms. The number of hydrogen-bond donors (Lipinski definition) is 1. The number of methoxy groups -OCH3 is 1. The molecule has 0 unspecified atom stereocenters. The molecule has 2 aromatic rings. The number of esters is 1. The molecular formula is C43H63N3O10. The van der Waals surface area contributed by atoms with Crippen LogP contribution in [0.2, 0.25) is 0 Å². The molecule has 56 heavy (non-hydrogen) atoms. The van der Waals surface area contributed by atoms with Crippen LogP contribution in [0.1, 0.15) is 86.1 Å². The number of carbonyl (C=O) groups is 4. The Morgan fingerprint density at radius 2 is 1.71 bits per heavy atom. The lowest BCUT2D eigenvalue weighted by Gasteiger charge is -2.47. The monoisotopic (exact) mass is 781 g/mol. The van der Waals surface area contributed by atoms with E-state index in [1.54, 1.807) is 25.7 Å². The van der Waals surface area contributed by atoms with Crippen molar-refractivity contribution in [3.05, 3.63) is 42.1 Å². The molecule has 1 N–H and O–H groups in total. The molecule has 0 spiro atoms. The van der Waals surface area contributed by atoms with Crippen molar-refractivity contribution in [3.8, 4) is 0 Å². The van der Waals surface area contributed by atoms with Crippen molar-refractivity contribution in [2.45, 2.75) is 141 Å². The predicted molar refractivity (Wildman–Crippen MR) is 210 cm³/mol. The van der Waals surface area contributed by atoms with Gasteiger partial charge in [-0.1, -0.05) is 45.9 Å². The van der Waals surface area contributed by atoms with Crippen molar-refractivity contribution >= 4 is 34.5 Å². The average molecular weight is 782 g/mol. The van der Waals surface area contributed by atoms with Crippen LogP contribution in [-0.4, -0.2) is 126 Å². The highest BCUT2D eigenvalue weighted by atomic mass is 16.7. The van der Waals surface area contributed by atoms with Crippen LogP contribution in [0.15, 0.2) is 36.5 Å². The Kier molecular flexibility index (Phi) is 14.3. The van der Waals surface area contributed by atoms with Gasteiger partial charge < -0.3 is 38.6 Å².